The van der Waals surface area contributed by atoms with Gasteiger partial charge in [-0.15, -0.1) is 24.0 Å². The Morgan fingerprint density at radius 3 is 2.58 bits per heavy atom. The Bertz CT molecular complexity index is 438. The van der Waals surface area contributed by atoms with E-state index in [0.717, 1.165) is 32.0 Å². The van der Waals surface area contributed by atoms with Crippen molar-refractivity contribution < 1.29 is 9.53 Å². The number of hydrogen-bond acceptors (Lipinski definition) is 3. The number of guanidine groups is 1. The van der Waals surface area contributed by atoms with E-state index in [1.165, 1.54) is 6.42 Å². The quantitative estimate of drug-likeness (QED) is 0.297. The summed E-state index contributed by atoms with van der Waals surface area (Å²) in [4.78, 5) is 16.1. The van der Waals surface area contributed by atoms with Gasteiger partial charge in [0.2, 0.25) is 5.91 Å². The van der Waals surface area contributed by atoms with Crippen LogP contribution in [-0.4, -0.2) is 50.8 Å². The summed E-state index contributed by atoms with van der Waals surface area (Å²) < 4.78 is 6.03. The van der Waals surface area contributed by atoms with Crippen molar-refractivity contribution in [3.63, 3.8) is 0 Å². The van der Waals surface area contributed by atoms with Crippen LogP contribution in [0.1, 0.15) is 60.3 Å². The molecule has 0 aromatic carbocycles. The van der Waals surface area contributed by atoms with E-state index in [-0.39, 0.29) is 47.4 Å². The Morgan fingerprint density at radius 1 is 1.31 bits per heavy atom. The van der Waals surface area contributed by atoms with Crippen molar-refractivity contribution in [3.8, 4) is 0 Å². The van der Waals surface area contributed by atoms with Gasteiger partial charge < -0.3 is 20.7 Å². The molecule has 1 amide bonds. The first-order valence-electron chi connectivity index (χ1n) is 9.63. The minimum atomic E-state index is 0. The van der Waals surface area contributed by atoms with Gasteiger partial charge >= 0.3 is 0 Å². The molecule has 0 aromatic rings. The van der Waals surface area contributed by atoms with Crippen molar-refractivity contribution in [3.05, 3.63) is 0 Å². The van der Waals surface area contributed by atoms with Crippen LogP contribution in [-0.2, 0) is 9.53 Å². The molecule has 7 heteroatoms. The molecule has 0 aliphatic carbocycles. The summed E-state index contributed by atoms with van der Waals surface area (Å²) >= 11 is 0. The van der Waals surface area contributed by atoms with Crippen molar-refractivity contribution in [2.24, 2.45) is 16.3 Å². The van der Waals surface area contributed by atoms with E-state index in [9.17, 15) is 4.79 Å². The van der Waals surface area contributed by atoms with Gasteiger partial charge in [-0.25, -0.2) is 0 Å². The third kappa shape index (κ3) is 9.39. The van der Waals surface area contributed by atoms with Gasteiger partial charge in [0, 0.05) is 45.1 Å². The summed E-state index contributed by atoms with van der Waals surface area (Å²) in [6, 6.07) is 0.227. The predicted octanol–water partition coefficient (Wildman–Crippen LogP) is 2.92. The highest BCUT2D eigenvalue weighted by molar-refractivity contribution is 14.0. The van der Waals surface area contributed by atoms with Crippen LogP contribution in [0.15, 0.2) is 4.99 Å². The molecule has 1 heterocycles. The monoisotopic (exact) mass is 482 g/mol. The Morgan fingerprint density at radius 2 is 2.00 bits per heavy atom. The second kappa shape index (κ2) is 12.8. The Hall–Kier alpha value is -0.570. The van der Waals surface area contributed by atoms with Crippen LogP contribution < -0.4 is 16.0 Å². The molecular formula is C19H39IN4O2. The van der Waals surface area contributed by atoms with E-state index >= 15 is 0 Å². The Balaban J connectivity index is 0.00000625. The smallest absolute Gasteiger partial charge is 0.221 e. The van der Waals surface area contributed by atoms with Crippen molar-refractivity contribution in [2.75, 3.05) is 26.7 Å². The fourth-order valence-electron chi connectivity index (χ4n) is 3.20. The number of rotatable bonds is 7. The zero-order valence-corrected chi connectivity index (χ0v) is 19.7. The van der Waals surface area contributed by atoms with E-state index in [2.05, 4.69) is 48.6 Å². The molecule has 0 aromatic heterocycles. The highest BCUT2D eigenvalue weighted by Gasteiger charge is 2.35. The zero-order chi connectivity index (χ0) is 18.9. The maximum Gasteiger partial charge on any atom is 0.221 e. The zero-order valence-electron chi connectivity index (χ0n) is 17.4. The molecule has 3 unspecified atom stereocenters. The van der Waals surface area contributed by atoms with Gasteiger partial charge in [0.1, 0.15) is 0 Å². The fourth-order valence-corrected chi connectivity index (χ4v) is 3.20. The van der Waals surface area contributed by atoms with Gasteiger partial charge in [-0.3, -0.25) is 9.79 Å². The van der Waals surface area contributed by atoms with Gasteiger partial charge in [0.25, 0.3) is 0 Å². The fraction of sp³-hybridized carbons (Fsp3) is 0.895. The lowest BCUT2D eigenvalue weighted by Gasteiger charge is -2.40. The SMILES string of the molecule is CCC(C)NC(=O)CCNC(=NC)NCC1CCCOC1C(C)(C)C.I. The summed E-state index contributed by atoms with van der Waals surface area (Å²) in [6.45, 7) is 13.1. The molecule has 1 aliphatic rings. The lowest BCUT2D eigenvalue weighted by atomic mass is 9.78. The van der Waals surface area contributed by atoms with Gasteiger partial charge in [0.15, 0.2) is 5.96 Å². The molecule has 1 aliphatic heterocycles. The lowest BCUT2D eigenvalue weighted by molar-refractivity contribution is -0.121. The largest absolute Gasteiger partial charge is 0.377 e. The number of amides is 1. The molecule has 0 spiro atoms. The Kier molecular flexibility index (Phi) is 12.5. The Labute approximate surface area is 176 Å². The minimum Gasteiger partial charge on any atom is -0.377 e. The van der Waals surface area contributed by atoms with Crippen molar-refractivity contribution in [1.29, 1.82) is 0 Å². The van der Waals surface area contributed by atoms with E-state index in [0.29, 0.717) is 18.9 Å². The first-order valence-corrected chi connectivity index (χ1v) is 9.63. The number of nitrogens with zero attached hydrogens (tertiary/aromatic N) is 1. The molecule has 1 saturated heterocycles. The van der Waals surface area contributed by atoms with Crippen LogP contribution in [0.2, 0.25) is 0 Å². The van der Waals surface area contributed by atoms with Crippen LogP contribution in [0.3, 0.4) is 0 Å². The first kappa shape index (κ1) is 25.4. The number of hydrogen-bond donors (Lipinski definition) is 3. The number of carbonyl (C=O) groups is 1. The van der Waals surface area contributed by atoms with Crippen molar-refractivity contribution >= 4 is 35.8 Å². The van der Waals surface area contributed by atoms with Crippen molar-refractivity contribution in [1.82, 2.24) is 16.0 Å². The number of aliphatic imine (C=N–C) groups is 1. The highest BCUT2D eigenvalue weighted by atomic mass is 127. The summed E-state index contributed by atoms with van der Waals surface area (Å²) in [5, 5.41) is 9.59. The number of ether oxygens (including phenoxy) is 1. The van der Waals surface area contributed by atoms with E-state index in [4.69, 9.17) is 4.74 Å². The summed E-state index contributed by atoms with van der Waals surface area (Å²) in [7, 11) is 1.76. The molecule has 0 radical (unpaired) electrons. The van der Waals surface area contributed by atoms with E-state index < -0.39 is 0 Å². The summed E-state index contributed by atoms with van der Waals surface area (Å²) in [6.07, 6.45) is 3.93. The van der Waals surface area contributed by atoms with Crippen LogP contribution in [0, 0.1) is 11.3 Å². The van der Waals surface area contributed by atoms with Crippen LogP contribution >= 0.6 is 24.0 Å². The van der Waals surface area contributed by atoms with Gasteiger partial charge in [-0.05, 0) is 31.6 Å². The first-order chi connectivity index (χ1) is 11.8. The molecular weight excluding hydrogens is 443 g/mol. The molecule has 154 valence electrons. The molecule has 26 heavy (non-hydrogen) atoms. The maximum absolute atomic E-state index is 11.8. The molecule has 6 nitrogen and oxygen atoms in total. The standard InChI is InChI=1S/C19H38N4O2.HI/c1-7-14(2)23-16(24)10-11-21-18(20-6)22-13-15-9-8-12-25-17(15)19(3,4)5;/h14-15,17H,7-13H2,1-6H3,(H,23,24)(H2,20,21,22);1H. The number of halogens is 1. The molecule has 3 atom stereocenters. The third-order valence-electron chi connectivity index (χ3n) is 4.72. The number of carbonyl (C=O) groups excluding carboxylic acids is 1. The topological polar surface area (TPSA) is 74.8 Å². The highest BCUT2D eigenvalue weighted by Crippen LogP contribution is 2.33. The normalized spacial score (nSPS) is 22.2. The maximum atomic E-state index is 11.8. The molecule has 0 bridgehead atoms. The molecule has 3 N–H and O–H groups in total. The van der Waals surface area contributed by atoms with Crippen molar-refractivity contribution in [2.45, 2.75) is 72.4 Å². The van der Waals surface area contributed by atoms with Crippen LogP contribution in [0.4, 0.5) is 0 Å². The molecule has 1 rings (SSSR count). The van der Waals surface area contributed by atoms with Crippen LogP contribution in [0.25, 0.3) is 0 Å². The van der Waals surface area contributed by atoms with E-state index in [1.807, 2.05) is 6.92 Å². The third-order valence-corrected chi connectivity index (χ3v) is 4.72. The van der Waals surface area contributed by atoms with Crippen LogP contribution in [0.5, 0.6) is 0 Å². The van der Waals surface area contributed by atoms with Gasteiger partial charge in [-0.1, -0.05) is 27.7 Å². The van der Waals surface area contributed by atoms with E-state index in [1.54, 1.807) is 7.05 Å². The second-order valence-corrected chi connectivity index (χ2v) is 8.07. The second-order valence-electron chi connectivity index (χ2n) is 8.07. The molecule has 1 fully saturated rings. The summed E-state index contributed by atoms with van der Waals surface area (Å²) in [5.74, 6) is 1.29. The average molecular weight is 482 g/mol. The predicted molar refractivity (Wildman–Crippen MR) is 119 cm³/mol. The lowest BCUT2D eigenvalue weighted by Crippen LogP contribution is -2.48. The van der Waals surface area contributed by atoms with Gasteiger partial charge in [0.05, 0.1) is 6.10 Å². The minimum absolute atomic E-state index is 0. The average Bonchev–Trinajstić information content (AvgIpc) is 2.57. The summed E-state index contributed by atoms with van der Waals surface area (Å²) in [5.41, 5.74) is 0.137. The number of nitrogens with one attached hydrogen (secondary N) is 3. The molecule has 0 saturated carbocycles. The van der Waals surface area contributed by atoms with Gasteiger partial charge in [-0.2, -0.15) is 0 Å².